The summed E-state index contributed by atoms with van der Waals surface area (Å²) in [6.45, 7) is 6.92. The molecule has 0 atom stereocenters. The fourth-order valence-corrected chi connectivity index (χ4v) is 3.82. The van der Waals surface area contributed by atoms with Gasteiger partial charge in [0.15, 0.2) is 0 Å². The molecular formula is C29H33N3O2. The molecule has 176 valence electrons. The Kier molecular flexibility index (Phi) is 9.84. The van der Waals surface area contributed by atoms with Gasteiger partial charge in [0.2, 0.25) is 0 Å². The molecule has 1 saturated heterocycles. The second-order valence-electron chi connectivity index (χ2n) is 8.58. The highest BCUT2D eigenvalue weighted by molar-refractivity contribution is 5.94. The Hall–Kier alpha value is -3.46. The van der Waals surface area contributed by atoms with Gasteiger partial charge in [-0.15, -0.1) is 0 Å². The predicted octanol–water partition coefficient (Wildman–Crippen LogP) is 4.12. The quantitative estimate of drug-likeness (QED) is 0.581. The number of rotatable bonds is 4. The molecule has 0 bridgehead atoms. The highest BCUT2D eigenvalue weighted by atomic mass is 16.2. The van der Waals surface area contributed by atoms with Crippen molar-refractivity contribution in [2.24, 2.45) is 0 Å². The van der Waals surface area contributed by atoms with Crippen molar-refractivity contribution in [1.82, 2.24) is 15.2 Å². The van der Waals surface area contributed by atoms with Crippen molar-refractivity contribution in [2.45, 2.75) is 39.3 Å². The number of hydrogen-bond donors (Lipinski definition) is 2. The number of aliphatic hydroxyl groups excluding tert-OH is 1. The number of benzene rings is 2. The van der Waals surface area contributed by atoms with Crippen LogP contribution < -0.4 is 5.32 Å². The Labute approximate surface area is 202 Å². The van der Waals surface area contributed by atoms with E-state index in [1.165, 1.54) is 16.7 Å². The number of likely N-dealkylation sites (tertiary alicyclic amines) is 1. The van der Waals surface area contributed by atoms with Crippen LogP contribution in [0.15, 0.2) is 73.1 Å². The van der Waals surface area contributed by atoms with Crippen LogP contribution in [0.4, 0.5) is 0 Å². The zero-order valence-electron chi connectivity index (χ0n) is 20.0. The summed E-state index contributed by atoms with van der Waals surface area (Å²) < 4.78 is 0. The highest BCUT2D eigenvalue weighted by Gasteiger charge is 2.21. The third-order valence-corrected chi connectivity index (χ3v) is 5.70. The molecule has 3 aromatic rings. The smallest absolute Gasteiger partial charge is 0.251 e. The molecule has 2 N–H and O–H groups in total. The first-order chi connectivity index (χ1) is 16.5. The molecule has 0 spiro atoms. The van der Waals surface area contributed by atoms with Gasteiger partial charge in [0.25, 0.3) is 5.91 Å². The summed E-state index contributed by atoms with van der Waals surface area (Å²) in [5.41, 5.74) is 5.31. The fourth-order valence-electron chi connectivity index (χ4n) is 3.82. The van der Waals surface area contributed by atoms with Gasteiger partial charge in [-0.25, -0.2) is 0 Å². The number of nitrogens with one attached hydrogen (secondary N) is 1. The molecule has 1 amide bonds. The molecule has 1 aliphatic heterocycles. The van der Waals surface area contributed by atoms with Crippen molar-refractivity contribution < 1.29 is 9.90 Å². The van der Waals surface area contributed by atoms with Crippen molar-refractivity contribution in [2.75, 3.05) is 19.7 Å². The number of aromatic nitrogens is 1. The van der Waals surface area contributed by atoms with Gasteiger partial charge in [0.1, 0.15) is 6.61 Å². The SMILES string of the molecule is Cc1ccc(C(=O)NC2CCN(Cc3cccnc3)CC2)cc1.Cc1cccc(C#CCO)c1. The lowest BCUT2D eigenvalue weighted by molar-refractivity contribution is 0.0909. The van der Waals surface area contributed by atoms with E-state index in [1.54, 1.807) is 6.20 Å². The number of carbonyl (C=O) groups is 1. The van der Waals surface area contributed by atoms with Gasteiger partial charge in [0, 0.05) is 49.2 Å². The molecule has 0 aliphatic carbocycles. The molecule has 34 heavy (non-hydrogen) atoms. The number of pyridine rings is 1. The zero-order chi connectivity index (χ0) is 24.2. The molecule has 1 aliphatic rings. The third kappa shape index (κ3) is 8.47. The van der Waals surface area contributed by atoms with Crippen LogP contribution in [0.5, 0.6) is 0 Å². The lowest BCUT2D eigenvalue weighted by Crippen LogP contribution is -2.44. The van der Waals surface area contributed by atoms with Gasteiger partial charge in [-0.05, 0) is 68.1 Å². The highest BCUT2D eigenvalue weighted by Crippen LogP contribution is 2.14. The predicted molar refractivity (Wildman–Crippen MR) is 136 cm³/mol. The summed E-state index contributed by atoms with van der Waals surface area (Å²) >= 11 is 0. The number of carbonyl (C=O) groups excluding carboxylic acids is 1. The van der Waals surface area contributed by atoms with E-state index in [2.05, 4.69) is 33.1 Å². The van der Waals surface area contributed by atoms with Crippen LogP contribution in [0.25, 0.3) is 0 Å². The number of piperidine rings is 1. The summed E-state index contributed by atoms with van der Waals surface area (Å²) in [7, 11) is 0. The molecule has 2 heterocycles. The minimum Gasteiger partial charge on any atom is -0.384 e. The van der Waals surface area contributed by atoms with Crippen molar-refractivity contribution in [3.05, 3.63) is 101 Å². The Morgan fingerprint density at radius 1 is 1.06 bits per heavy atom. The van der Waals surface area contributed by atoms with E-state index in [0.29, 0.717) is 0 Å². The van der Waals surface area contributed by atoms with Gasteiger partial charge in [-0.2, -0.15) is 0 Å². The molecule has 4 rings (SSSR count). The minimum absolute atomic E-state index is 0.0377. The van der Waals surface area contributed by atoms with E-state index < -0.39 is 0 Å². The monoisotopic (exact) mass is 455 g/mol. The summed E-state index contributed by atoms with van der Waals surface area (Å²) in [6.07, 6.45) is 5.72. The molecule has 2 aromatic carbocycles. The number of amides is 1. The first-order valence-electron chi connectivity index (χ1n) is 11.7. The van der Waals surface area contributed by atoms with E-state index >= 15 is 0 Å². The molecule has 0 unspecified atom stereocenters. The van der Waals surface area contributed by atoms with Crippen molar-refractivity contribution >= 4 is 5.91 Å². The first kappa shape index (κ1) is 25.2. The average molecular weight is 456 g/mol. The van der Waals surface area contributed by atoms with Crippen molar-refractivity contribution in [1.29, 1.82) is 0 Å². The van der Waals surface area contributed by atoms with Crippen LogP contribution >= 0.6 is 0 Å². The molecule has 5 nitrogen and oxygen atoms in total. The second kappa shape index (κ2) is 13.3. The summed E-state index contributed by atoms with van der Waals surface area (Å²) in [4.78, 5) is 18.8. The number of hydrogen-bond acceptors (Lipinski definition) is 4. The molecule has 5 heteroatoms. The standard InChI is InChI=1S/C19H23N3O.C10H10O/c1-15-4-6-17(7-5-15)19(23)21-18-8-11-22(12-9-18)14-16-3-2-10-20-13-16;1-9-4-2-5-10(8-9)6-3-7-11/h2-7,10,13,18H,8-9,11-12,14H2,1H3,(H,21,23);2,4-5,8,11H,7H2,1H3. The maximum atomic E-state index is 12.3. The molecule has 1 fully saturated rings. The van der Waals surface area contributed by atoms with Crippen LogP contribution in [-0.2, 0) is 6.54 Å². The number of aryl methyl sites for hydroxylation is 2. The molecular weight excluding hydrogens is 422 g/mol. The Morgan fingerprint density at radius 2 is 1.82 bits per heavy atom. The van der Waals surface area contributed by atoms with Gasteiger partial charge in [0.05, 0.1) is 0 Å². The second-order valence-corrected chi connectivity index (χ2v) is 8.58. The van der Waals surface area contributed by atoms with Crippen LogP contribution in [0.1, 0.15) is 45.5 Å². The molecule has 1 aromatic heterocycles. The Bertz CT molecular complexity index is 1090. The zero-order valence-corrected chi connectivity index (χ0v) is 20.0. The molecule has 0 saturated carbocycles. The lowest BCUT2D eigenvalue weighted by atomic mass is 10.0. The summed E-state index contributed by atoms with van der Waals surface area (Å²) in [5, 5.41) is 11.6. The number of nitrogens with zero attached hydrogens (tertiary/aromatic N) is 2. The van der Waals surface area contributed by atoms with Gasteiger partial charge in [-0.3, -0.25) is 14.7 Å². The first-order valence-corrected chi connectivity index (χ1v) is 11.7. The van der Waals surface area contributed by atoms with Gasteiger partial charge in [-0.1, -0.05) is 47.7 Å². The maximum absolute atomic E-state index is 12.3. The van der Waals surface area contributed by atoms with E-state index in [4.69, 9.17) is 5.11 Å². The number of aliphatic hydroxyl groups is 1. The Morgan fingerprint density at radius 3 is 2.47 bits per heavy atom. The van der Waals surface area contributed by atoms with Gasteiger partial charge < -0.3 is 10.4 Å². The summed E-state index contributed by atoms with van der Waals surface area (Å²) in [5.74, 6) is 5.47. The Balaban J connectivity index is 0.000000248. The van der Waals surface area contributed by atoms with Crippen LogP contribution in [0.3, 0.4) is 0 Å². The molecule has 0 radical (unpaired) electrons. The van der Waals surface area contributed by atoms with Crippen molar-refractivity contribution in [3.8, 4) is 11.8 Å². The average Bonchev–Trinajstić information content (AvgIpc) is 2.85. The van der Waals surface area contributed by atoms with E-state index in [9.17, 15) is 4.79 Å². The van der Waals surface area contributed by atoms with E-state index in [0.717, 1.165) is 43.6 Å². The van der Waals surface area contributed by atoms with Crippen LogP contribution in [-0.4, -0.2) is 46.6 Å². The summed E-state index contributed by atoms with van der Waals surface area (Å²) in [6, 6.07) is 20.0. The van der Waals surface area contributed by atoms with E-state index in [-0.39, 0.29) is 18.6 Å². The van der Waals surface area contributed by atoms with Crippen LogP contribution in [0.2, 0.25) is 0 Å². The lowest BCUT2D eigenvalue weighted by Gasteiger charge is -2.32. The van der Waals surface area contributed by atoms with E-state index in [1.807, 2.05) is 74.6 Å². The minimum atomic E-state index is -0.0755. The van der Waals surface area contributed by atoms with Crippen LogP contribution in [0, 0.1) is 25.7 Å². The normalized spacial score (nSPS) is 13.7. The topological polar surface area (TPSA) is 65.5 Å². The van der Waals surface area contributed by atoms with Crippen molar-refractivity contribution in [3.63, 3.8) is 0 Å². The third-order valence-electron chi connectivity index (χ3n) is 5.70. The fraction of sp³-hybridized carbons (Fsp3) is 0.310. The van der Waals surface area contributed by atoms with Gasteiger partial charge >= 0.3 is 0 Å². The largest absolute Gasteiger partial charge is 0.384 e. The maximum Gasteiger partial charge on any atom is 0.251 e.